The van der Waals surface area contributed by atoms with Crippen molar-refractivity contribution in [2.45, 2.75) is 32.4 Å². The van der Waals surface area contributed by atoms with Gasteiger partial charge in [-0.15, -0.1) is 0 Å². The first-order chi connectivity index (χ1) is 8.58. The maximum absolute atomic E-state index is 11.1. The van der Waals surface area contributed by atoms with E-state index in [-0.39, 0.29) is 18.0 Å². The van der Waals surface area contributed by atoms with Gasteiger partial charge in [-0.1, -0.05) is 6.07 Å². The average Bonchev–Trinajstić information content (AvgIpc) is 2.76. The van der Waals surface area contributed by atoms with Crippen LogP contribution in [0.4, 0.5) is 5.82 Å². The molecule has 18 heavy (non-hydrogen) atoms. The largest absolute Gasteiger partial charge is 0.354 e. The second kappa shape index (κ2) is 5.35. The first kappa shape index (κ1) is 12.8. The molecule has 3 N–H and O–H groups in total. The van der Waals surface area contributed by atoms with Crippen LogP contribution in [0.25, 0.3) is 0 Å². The van der Waals surface area contributed by atoms with Crippen LogP contribution in [0.15, 0.2) is 18.3 Å². The van der Waals surface area contributed by atoms with Crippen LogP contribution in [0.3, 0.4) is 0 Å². The third-order valence-electron chi connectivity index (χ3n) is 3.20. The monoisotopic (exact) mass is 248 g/mol. The molecule has 5 heteroatoms. The van der Waals surface area contributed by atoms with Gasteiger partial charge >= 0.3 is 0 Å². The number of anilines is 1. The van der Waals surface area contributed by atoms with E-state index < -0.39 is 0 Å². The third kappa shape index (κ3) is 2.79. The van der Waals surface area contributed by atoms with Gasteiger partial charge in [0.05, 0.1) is 0 Å². The Kier molecular flexibility index (Phi) is 3.81. The fourth-order valence-corrected chi connectivity index (χ4v) is 2.39. The molecule has 0 spiro atoms. The van der Waals surface area contributed by atoms with E-state index in [1.807, 2.05) is 19.1 Å². The summed E-state index contributed by atoms with van der Waals surface area (Å²) in [6, 6.07) is 4.10. The number of aromatic nitrogens is 1. The van der Waals surface area contributed by atoms with Crippen LogP contribution in [0.2, 0.25) is 0 Å². The average molecular weight is 248 g/mol. The van der Waals surface area contributed by atoms with Gasteiger partial charge in [0, 0.05) is 43.9 Å². The number of pyridine rings is 1. The number of nitrogens with two attached hydrogens (primary N) is 1. The Labute approximate surface area is 107 Å². The Morgan fingerprint density at radius 1 is 1.67 bits per heavy atom. The summed E-state index contributed by atoms with van der Waals surface area (Å²) in [5, 5.41) is 2.95. The highest BCUT2D eigenvalue weighted by Crippen LogP contribution is 2.25. The minimum Gasteiger partial charge on any atom is -0.354 e. The summed E-state index contributed by atoms with van der Waals surface area (Å²) in [6.45, 7) is 5.22. The molecule has 0 radical (unpaired) electrons. The number of rotatable bonds is 3. The van der Waals surface area contributed by atoms with Crippen LogP contribution in [-0.4, -0.2) is 30.0 Å². The van der Waals surface area contributed by atoms with E-state index in [2.05, 4.69) is 15.2 Å². The summed E-state index contributed by atoms with van der Waals surface area (Å²) in [5.41, 5.74) is 7.02. The summed E-state index contributed by atoms with van der Waals surface area (Å²) in [5.74, 6) is 0.968. The first-order valence-electron chi connectivity index (χ1n) is 6.30. The van der Waals surface area contributed by atoms with Crippen molar-refractivity contribution in [3.8, 4) is 0 Å². The zero-order valence-corrected chi connectivity index (χ0v) is 10.9. The number of carbonyl (C=O) groups excluding carboxylic acids is 1. The molecule has 1 amide bonds. The summed E-state index contributed by atoms with van der Waals surface area (Å²) >= 11 is 0. The molecule has 98 valence electrons. The number of hydrogen-bond acceptors (Lipinski definition) is 4. The molecule has 1 aliphatic rings. The lowest BCUT2D eigenvalue weighted by Crippen LogP contribution is -2.36. The van der Waals surface area contributed by atoms with Crippen molar-refractivity contribution >= 4 is 11.7 Å². The van der Waals surface area contributed by atoms with E-state index in [1.54, 1.807) is 13.1 Å². The van der Waals surface area contributed by atoms with E-state index in [0.29, 0.717) is 0 Å². The van der Waals surface area contributed by atoms with Gasteiger partial charge in [-0.25, -0.2) is 4.98 Å². The van der Waals surface area contributed by atoms with Gasteiger partial charge in [0.1, 0.15) is 5.82 Å². The Bertz CT molecular complexity index is 433. The Hall–Kier alpha value is -1.62. The molecular formula is C13H20N4O. The SMILES string of the molecule is CC(=O)NC1CCN(c2ncccc2[C@H](C)N)C1. The predicted molar refractivity (Wildman–Crippen MR) is 71.3 cm³/mol. The quantitative estimate of drug-likeness (QED) is 0.830. The van der Waals surface area contributed by atoms with Gasteiger partial charge in [-0.05, 0) is 19.4 Å². The lowest BCUT2D eigenvalue weighted by Gasteiger charge is -2.22. The molecule has 2 heterocycles. The number of amides is 1. The topological polar surface area (TPSA) is 71.2 Å². The van der Waals surface area contributed by atoms with Crippen LogP contribution < -0.4 is 16.0 Å². The highest BCUT2D eigenvalue weighted by atomic mass is 16.1. The first-order valence-corrected chi connectivity index (χ1v) is 6.30. The smallest absolute Gasteiger partial charge is 0.217 e. The van der Waals surface area contributed by atoms with Crippen molar-refractivity contribution in [1.29, 1.82) is 0 Å². The molecule has 0 bridgehead atoms. The zero-order chi connectivity index (χ0) is 13.1. The summed E-state index contributed by atoms with van der Waals surface area (Å²) < 4.78 is 0. The lowest BCUT2D eigenvalue weighted by atomic mass is 10.1. The van der Waals surface area contributed by atoms with Crippen LogP contribution in [-0.2, 0) is 4.79 Å². The van der Waals surface area contributed by atoms with E-state index in [1.165, 1.54) is 0 Å². The van der Waals surface area contributed by atoms with Gasteiger partial charge < -0.3 is 16.0 Å². The lowest BCUT2D eigenvalue weighted by molar-refractivity contribution is -0.119. The summed E-state index contributed by atoms with van der Waals surface area (Å²) in [4.78, 5) is 17.7. The molecule has 1 aliphatic heterocycles. The number of hydrogen-bond donors (Lipinski definition) is 2. The maximum atomic E-state index is 11.1. The number of carbonyl (C=O) groups is 1. The van der Waals surface area contributed by atoms with E-state index >= 15 is 0 Å². The van der Waals surface area contributed by atoms with Gasteiger partial charge in [0.25, 0.3) is 0 Å². The molecule has 0 aliphatic carbocycles. The maximum Gasteiger partial charge on any atom is 0.217 e. The zero-order valence-electron chi connectivity index (χ0n) is 10.9. The van der Waals surface area contributed by atoms with Crippen molar-refractivity contribution in [1.82, 2.24) is 10.3 Å². The molecule has 1 unspecified atom stereocenters. The molecule has 0 aromatic carbocycles. The van der Waals surface area contributed by atoms with Gasteiger partial charge in [-0.2, -0.15) is 0 Å². The molecule has 1 saturated heterocycles. The molecule has 5 nitrogen and oxygen atoms in total. The third-order valence-corrected chi connectivity index (χ3v) is 3.20. The molecule has 2 atom stereocenters. The van der Waals surface area contributed by atoms with Crippen molar-refractivity contribution in [2.75, 3.05) is 18.0 Å². The highest BCUT2D eigenvalue weighted by Gasteiger charge is 2.25. The highest BCUT2D eigenvalue weighted by molar-refractivity contribution is 5.73. The van der Waals surface area contributed by atoms with Crippen LogP contribution in [0, 0.1) is 0 Å². The normalized spacial score (nSPS) is 20.8. The Morgan fingerprint density at radius 3 is 3.11 bits per heavy atom. The molecule has 1 aromatic rings. The van der Waals surface area contributed by atoms with Crippen molar-refractivity contribution in [2.24, 2.45) is 5.73 Å². The molecular weight excluding hydrogens is 228 g/mol. The fraction of sp³-hybridized carbons (Fsp3) is 0.538. The van der Waals surface area contributed by atoms with Crippen molar-refractivity contribution in [3.05, 3.63) is 23.9 Å². The second-order valence-electron chi connectivity index (χ2n) is 4.84. The van der Waals surface area contributed by atoms with Crippen LogP contribution in [0.5, 0.6) is 0 Å². The second-order valence-corrected chi connectivity index (χ2v) is 4.84. The summed E-state index contributed by atoms with van der Waals surface area (Å²) in [7, 11) is 0. The van der Waals surface area contributed by atoms with Crippen molar-refractivity contribution in [3.63, 3.8) is 0 Å². The minimum atomic E-state index is -0.0338. The number of nitrogens with zero attached hydrogens (tertiary/aromatic N) is 2. The summed E-state index contributed by atoms with van der Waals surface area (Å²) in [6.07, 6.45) is 2.74. The minimum absolute atomic E-state index is 0.0234. The van der Waals surface area contributed by atoms with Crippen molar-refractivity contribution < 1.29 is 4.79 Å². The van der Waals surface area contributed by atoms with E-state index in [9.17, 15) is 4.79 Å². The Balaban J connectivity index is 2.12. The molecule has 2 rings (SSSR count). The van der Waals surface area contributed by atoms with Crippen LogP contribution in [0.1, 0.15) is 31.9 Å². The van der Waals surface area contributed by atoms with Crippen LogP contribution >= 0.6 is 0 Å². The predicted octanol–water partition coefficient (Wildman–Crippen LogP) is 0.816. The Morgan fingerprint density at radius 2 is 2.44 bits per heavy atom. The van der Waals surface area contributed by atoms with Gasteiger partial charge in [0.15, 0.2) is 0 Å². The fourth-order valence-electron chi connectivity index (χ4n) is 2.39. The molecule has 1 fully saturated rings. The molecule has 1 aromatic heterocycles. The van der Waals surface area contributed by atoms with Gasteiger partial charge in [-0.3, -0.25) is 4.79 Å². The van der Waals surface area contributed by atoms with E-state index in [4.69, 9.17) is 5.73 Å². The standard InChI is InChI=1S/C13H20N4O/c1-9(14)12-4-3-6-15-13(12)17-7-5-11(8-17)16-10(2)18/h3-4,6,9,11H,5,7-8,14H2,1-2H3,(H,16,18)/t9-,11?/m0/s1. The van der Waals surface area contributed by atoms with Gasteiger partial charge in [0.2, 0.25) is 5.91 Å². The van der Waals surface area contributed by atoms with E-state index in [0.717, 1.165) is 30.9 Å². The molecule has 0 saturated carbocycles. The number of nitrogens with one attached hydrogen (secondary N) is 1.